The van der Waals surface area contributed by atoms with Gasteiger partial charge in [0.1, 0.15) is 0 Å². The molecule has 1 unspecified atom stereocenters. The molecule has 2 aromatic carbocycles. The van der Waals surface area contributed by atoms with E-state index in [-0.39, 0.29) is 10.5 Å². The van der Waals surface area contributed by atoms with Crippen molar-refractivity contribution in [1.82, 2.24) is 5.32 Å². The Labute approximate surface area is 154 Å². The second-order valence-corrected chi connectivity index (χ2v) is 7.36. The third-order valence-corrected chi connectivity index (χ3v) is 4.64. The summed E-state index contributed by atoms with van der Waals surface area (Å²) < 4.78 is 60.5. The number of nitrogens with one attached hydrogen (secondary N) is 1. The van der Waals surface area contributed by atoms with Gasteiger partial charge in [-0.05, 0) is 48.4 Å². The SMILES string of the molecule is CC(NC(=O)/C=C/c1cccc(C(F)(F)F)c1)c1ccc(S(N)(=O)=O)cc1. The lowest BCUT2D eigenvalue weighted by molar-refractivity contribution is -0.137. The molecule has 0 heterocycles. The number of carbonyl (C=O) groups is 1. The molecule has 144 valence electrons. The van der Waals surface area contributed by atoms with E-state index < -0.39 is 33.7 Å². The van der Waals surface area contributed by atoms with Crippen molar-refractivity contribution in [2.75, 3.05) is 0 Å². The van der Waals surface area contributed by atoms with Gasteiger partial charge in [0.25, 0.3) is 0 Å². The highest BCUT2D eigenvalue weighted by molar-refractivity contribution is 7.89. The Morgan fingerprint density at radius 2 is 1.78 bits per heavy atom. The Morgan fingerprint density at radius 1 is 1.15 bits per heavy atom. The highest BCUT2D eigenvalue weighted by Crippen LogP contribution is 2.29. The summed E-state index contributed by atoms with van der Waals surface area (Å²) in [6, 6.07) is 9.84. The molecule has 0 bridgehead atoms. The van der Waals surface area contributed by atoms with Crippen LogP contribution in [0.25, 0.3) is 6.08 Å². The van der Waals surface area contributed by atoms with Crippen molar-refractivity contribution in [1.29, 1.82) is 0 Å². The molecule has 2 aromatic rings. The lowest BCUT2D eigenvalue weighted by Gasteiger charge is -2.13. The highest BCUT2D eigenvalue weighted by Gasteiger charge is 2.30. The Hall–Kier alpha value is -2.65. The number of carbonyl (C=O) groups excluding carboxylic acids is 1. The third kappa shape index (κ3) is 5.93. The summed E-state index contributed by atoms with van der Waals surface area (Å²) in [6.45, 7) is 1.68. The summed E-state index contributed by atoms with van der Waals surface area (Å²) >= 11 is 0. The van der Waals surface area contributed by atoms with Crippen LogP contribution in [0.2, 0.25) is 0 Å². The summed E-state index contributed by atoms with van der Waals surface area (Å²) in [5.41, 5.74) is 0.0849. The minimum Gasteiger partial charge on any atom is -0.346 e. The van der Waals surface area contributed by atoms with E-state index in [1.54, 1.807) is 6.92 Å². The van der Waals surface area contributed by atoms with Gasteiger partial charge in [0, 0.05) is 6.08 Å². The van der Waals surface area contributed by atoms with E-state index in [9.17, 15) is 26.4 Å². The van der Waals surface area contributed by atoms with Crippen LogP contribution in [0.1, 0.15) is 29.7 Å². The number of rotatable bonds is 5. The average Bonchev–Trinajstić information content (AvgIpc) is 2.59. The first kappa shape index (κ1) is 20.7. The van der Waals surface area contributed by atoms with Crippen LogP contribution in [0.5, 0.6) is 0 Å². The number of halogens is 3. The molecule has 9 heteroatoms. The largest absolute Gasteiger partial charge is 0.416 e. The van der Waals surface area contributed by atoms with Crippen molar-refractivity contribution >= 4 is 22.0 Å². The molecule has 0 saturated heterocycles. The molecule has 0 spiro atoms. The summed E-state index contributed by atoms with van der Waals surface area (Å²) in [6.07, 6.45) is -2.05. The molecule has 27 heavy (non-hydrogen) atoms. The lowest BCUT2D eigenvalue weighted by Crippen LogP contribution is -2.24. The van der Waals surface area contributed by atoms with E-state index in [0.29, 0.717) is 5.56 Å². The van der Waals surface area contributed by atoms with Crippen molar-refractivity contribution in [3.05, 3.63) is 71.3 Å². The fraction of sp³-hybridized carbons (Fsp3) is 0.167. The monoisotopic (exact) mass is 398 g/mol. The third-order valence-electron chi connectivity index (χ3n) is 3.71. The predicted molar refractivity (Wildman–Crippen MR) is 94.9 cm³/mol. The van der Waals surface area contributed by atoms with Crippen LogP contribution in [0.4, 0.5) is 13.2 Å². The van der Waals surface area contributed by atoms with Gasteiger partial charge in [0.05, 0.1) is 16.5 Å². The first-order valence-corrected chi connectivity index (χ1v) is 9.30. The molecule has 0 aliphatic heterocycles. The Balaban J connectivity index is 2.04. The van der Waals surface area contributed by atoms with E-state index in [4.69, 9.17) is 5.14 Å². The molecule has 0 radical (unpaired) electrons. The number of benzene rings is 2. The zero-order valence-corrected chi connectivity index (χ0v) is 15.0. The number of hydrogen-bond donors (Lipinski definition) is 2. The molecule has 1 amide bonds. The van der Waals surface area contributed by atoms with E-state index in [0.717, 1.165) is 18.2 Å². The van der Waals surface area contributed by atoms with Crippen molar-refractivity contribution in [3.8, 4) is 0 Å². The Morgan fingerprint density at radius 3 is 2.33 bits per heavy atom. The van der Waals surface area contributed by atoms with Gasteiger partial charge in [-0.1, -0.05) is 24.3 Å². The molecule has 0 aliphatic rings. The first-order valence-electron chi connectivity index (χ1n) is 7.75. The fourth-order valence-corrected chi connectivity index (χ4v) is 2.80. The number of nitrogens with two attached hydrogens (primary N) is 1. The van der Waals surface area contributed by atoms with Crippen molar-refractivity contribution in [2.45, 2.75) is 24.0 Å². The second kappa shape index (κ2) is 7.93. The molecular formula is C18H17F3N2O3S. The zero-order chi connectivity index (χ0) is 20.2. The molecule has 5 nitrogen and oxygen atoms in total. The van der Waals surface area contributed by atoms with E-state index >= 15 is 0 Å². The van der Waals surface area contributed by atoms with Crippen molar-refractivity contribution in [3.63, 3.8) is 0 Å². The first-order chi connectivity index (χ1) is 12.5. The lowest BCUT2D eigenvalue weighted by atomic mass is 10.1. The summed E-state index contributed by atoms with van der Waals surface area (Å²) in [5.74, 6) is -0.504. The van der Waals surface area contributed by atoms with Gasteiger partial charge < -0.3 is 5.32 Å². The number of amides is 1. The Bertz CT molecular complexity index is 953. The zero-order valence-electron chi connectivity index (χ0n) is 14.2. The quantitative estimate of drug-likeness (QED) is 0.758. The van der Waals surface area contributed by atoms with Crippen LogP contribution in [0.15, 0.2) is 59.5 Å². The molecular weight excluding hydrogens is 381 g/mol. The van der Waals surface area contributed by atoms with Gasteiger partial charge in [-0.15, -0.1) is 0 Å². The van der Waals surface area contributed by atoms with Gasteiger partial charge in [0.2, 0.25) is 15.9 Å². The average molecular weight is 398 g/mol. The molecule has 1 atom stereocenters. The van der Waals surface area contributed by atoms with Crippen molar-refractivity contribution in [2.24, 2.45) is 5.14 Å². The van der Waals surface area contributed by atoms with Crippen LogP contribution in [0.3, 0.4) is 0 Å². The van der Waals surface area contributed by atoms with Crippen LogP contribution >= 0.6 is 0 Å². The van der Waals surface area contributed by atoms with E-state index in [2.05, 4.69) is 5.32 Å². The maximum Gasteiger partial charge on any atom is 0.416 e. The summed E-state index contributed by atoms with van der Waals surface area (Å²) in [5, 5.41) is 7.66. The van der Waals surface area contributed by atoms with Crippen LogP contribution in [-0.4, -0.2) is 14.3 Å². The number of sulfonamides is 1. The fourth-order valence-electron chi connectivity index (χ4n) is 2.28. The van der Waals surface area contributed by atoms with Crippen LogP contribution in [0, 0.1) is 0 Å². The smallest absolute Gasteiger partial charge is 0.346 e. The van der Waals surface area contributed by atoms with Gasteiger partial charge in [0.15, 0.2) is 0 Å². The standard InChI is InChI=1S/C18H17F3N2O3S/c1-12(14-6-8-16(9-7-14)27(22,25)26)23-17(24)10-5-13-3-2-4-15(11-13)18(19,20)21/h2-12H,1H3,(H,23,24)(H2,22,25,26)/b10-5+. The topological polar surface area (TPSA) is 89.3 Å². The van der Waals surface area contributed by atoms with Gasteiger partial charge in [-0.2, -0.15) is 13.2 Å². The van der Waals surface area contributed by atoms with Crippen LogP contribution in [-0.2, 0) is 21.0 Å². The molecule has 0 saturated carbocycles. The van der Waals surface area contributed by atoms with Gasteiger partial charge in [-0.25, -0.2) is 13.6 Å². The number of primary sulfonamides is 1. The minimum atomic E-state index is -4.45. The van der Waals surface area contributed by atoms with Gasteiger partial charge >= 0.3 is 6.18 Å². The predicted octanol–water partition coefficient (Wildman–Crippen LogP) is 3.24. The van der Waals surface area contributed by atoms with Gasteiger partial charge in [-0.3, -0.25) is 4.79 Å². The maximum atomic E-state index is 12.7. The number of alkyl halides is 3. The number of hydrogen-bond acceptors (Lipinski definition) is 3. The molecule has 3 N–H and O–H groups in total. The molecule has 0 aliphatic carbocycles. The van der Waals surface area contributed by atoms with Crippen molar-refractivity contribution < 1.29 is 26.4 Å². The van der Waals surface area contributed by atoms with Crippen LogP contribution < -0.4 is 10.5 Å². The molecule has 0 fully saturated rings. The van der Waals surface area contributed by atoms with E-state index in [1.807, 2.05) is 0 Å². The summed E-state index contributed by atoms with van der Waals surface area (Å²) in [7, 11) is -3.80. The molecule has 2 rings (SSSR count). The summed E-state index contributed by atoms with van der Waals surface area (Å²) in [4.78, 5) is 11.9. The maximum absolute atomic E-state index is 12.7. The Kier molecular flexibility index (Phi) is 6.07. The minimum absolute atomic E-state index is 0.0470. The highest BCUT2D eigenvalue weighted by atomic mass is 32.2. The normalized spacial score (nSPS) is 13.5. The second-order valence-electron chi connectivity index (χ2n) is 5.80. The molecule has 0 aromatic heterocycles. The van der Waals surface area contributed by atoms with E-state index in [1.165, 1.54) is 42.5 Å².